The van der Waals surface area contributed by atoms with Crippen molar-refractivity contribution in [3.8, 4) is 0 Å². The summed E-state index contributed by atoms with van der Waals surface area (Å²) in [5.74, 6) is -0.802. The van der Waals surface area contributed by atoms with Crippen LogP contribution in [0.15, 0.2) is 24.3 Å². The number of unbranched alkanes of at least 4 members (excludes halogenated alkanes) is 36. The maximum atomic E-state index is 12.7. The zero-order chi connectivity index (χ0) is 49.9. The summed E-state index contributed by atoms with van der Waals surface area (Å²) >= 11 is 0. The average molecular weight is 984 g/mol. The number of likely N-dealkylation sites (N-methyl/N-ethyl adjacent to an activating group) is 1. The van der Waals surface area contributed by atoms with E-state index in [2.05, 4.69) is 38.2 Å². The van der Waals surface area contributed by atoms with Crippen LogP contribution in [0.1, 0.15) is 284 Å². The lowest BCUT2D eigenvalue weighted by Crippen LogP contribution is -2.37. The highest BCUT2D eigenvalue weighted by Gasteiger charge is 2.27. The normalized spacial score (nSPS) is 13.4. The fraction of sp³-hybridized carbons (Fsp3) is 0.897. The number of carbonyl (C=O) groups is 2. The zero-order valence-electron chi connectivity index (χ0n) is 45.6. The number of rotatable bonds is 54. The molecule has 0 spiro atoms. The summed E-state index contributed by atoms with van der Waals surface area (Å²) in [6.45, 7) is 4.39. The molecule has 402 valence electrons. The van der Waals surface area contributed by atoms with Gasteiger partial charge in [0.2, 0.25) is 0 Å². The van der Waals surface area contributed by atoms with Crippen molar-refractivity contribution >= 4 is 19.8 Å². The minimum atomic E-state index is -4.38. The Morgan fingerprint density at radius 1 is 0.456 bits per heavy atom. The summed E-state index contributed by atoms with van der Waals surface area (Å²) < 4.78 is 34.5. The van der Waals surface area contributed by atoms with Crippen LogP contribution >= 0.6 is 7.82 Å². The van der Waals surface area contributed by atoms with Gasteiger partial charge in [-0.05, 0) is 38.5 Å². The molecule has 0 aliphatic heterocycles. The summed E-state index contributed by atoms with van der Waals surface area (Å²) in [5, 5.41) is 0. The van der Waals surface area contributed by atoms with Crippen molar-refractivity contribution in [2.75, 3.05) is 47.5 Å². The van der Waals surface area contributed by atoms with Crippen LogP contribution in [-0.2, 0) is 32.7 Å². The molecule has 0 saturated carbocycles. The second-order valence-electron chi connectivity index (χ2n) is 21.0. The third-order valence-electron chi connectivity index (χ3n) is 13.0. The summed E-state index contributed by atoms with van der Waals surface area (Å²) in [6, 6.07) is 0. The number of carbonyl (C=O) groups excluding carboxylic acids is 2. The van der Waals surface area contributed by atoms with Gasteiger partial charge in [-0.1, -0.05) is 256 Å². The average Bonchev–Trinajstić information content (AvgIpc) is 3.30. The van der Waals surface area contributed by atoms with Gasteiger partial charge in [0.25, 0.3) is 0 Å². The SMILES string of the molecule is CCC/C=C\C/C=C\CCCCCCCC(=O)OC(COC(=O)CCCCCCCCCCCCCCCCCCCCCCCCCCCCCCCCC)COP(=O)(O)OCC[N+](C)(C)C. The van der Waals surface area contributed by atoms with Gasteiger partial charge in [-0.3, -0.25) is 18.6 Å². The molecule has 0 rings (SSSR count). The summed E-state index contributed by atoms with van der Waals surface area (Å²) in [6.07, 6.45) is 59.9. The number of ether oxygens (including phenoxy) is 2. The standard InChI is InChI=1S/C58H112NO8P/c1-6-8-10-12-14-16-18-20-21-22-23-24-25-26-27-28-29-30-31-32-33-34-35-36-37-39-40-42-44-46-48-50-57(60)64-54-56(55-66-68(62,63)65-53-52-59(3,4)5)67-58(61)51-49-47-45-43-41-38-19-17-15-13-11-9-7-2/h11,13,17,19,56H,6-10,12,14-16,18,20-55H2,1-5H3/p+1/b13-11-,19-17-. The zero-order valence-corrected chi connectivity index (χ0v) is 46.5. The minimum absolute atomic E-state index is 0.0309. The summed E-state index contributed by atoms with van der Waals surface area (Å²) in [7, 11) is 1.48. The van der Waals surface area contributed by atoms with Gasteiger partial charge >= 0.3 is 19.8 Å². The van der Waals surface area contributed by atoms with Gasteiger partial charge in [-0.15, -0.1) is 0 Å². The molecule has 2 unspecified atom stereocenters. The highest BCUT2D eigenvalue weighted by atomic mass is 31.2. The molecule has 0 aromatic carbocycles. The van der Waals surface area contributed by atoms with Crippen LogP contribution in [-0.4, -0.2) is 74.9 Å². The smallest absolute Gasteiger partial charge is 0.462 e. The first-order chi connectivity index (χ1) is 33.0. The van der Waals surface area contributed by atoms with Crippen LogP contribution in [0.25, 0.3) is 0 Å². The number of phosphoric acid groups is 1. The molecule has 0 saturated heterocycles. The second-order valence-corrected chi connectivity index (χ2v) is 22.5. The van der Waals surface area contributed by atoms with Gasteiger partial charge in [0.15, 0.2) is 6.10 Å². The molecule has 10 heteroatoms. The van der Waals surface area contributed by atoms with Crippen LogP contribution in [0.3, 0.4) is 0 Å². The number of quaternary nitrogens is 1. The van der Waals surface area contributed by atoms with Crippen molar-refractivity contribution < 1.29 is 42.1 Å². The van der Waals surface area contributed by atoms with E-state index in [1.165, 1.54) is 186 Å². The van der Waals surface area contributed by atoms with Crippen molar-refractivity contribution in [3.05, 3.63) is 24.3 Å². The molecule has 0 heterocycles. The predicted molar refractivity (Wildman–Crippen MR) is 289 cm³/mol. The molecule has 0 fully saturated rings. The van der Waals surface area contributed by atoms with E-state index in [1.807, 2.05) is 21.1 Å². The lowest BCUT2D eigenvalue weighted by atomic mass is 10.0. The lowest BCUT2D eigenvalue weighted by molar-refractivity contribution is -0.870. The molecule has 0 amide bonds. The van der Waals surface area contributed by atoms with Crippen molar-refractivity contribution in [2.24, 2.45) is 0 Å². The molecule has 0 radical (unpaired) electrons. The fourth-order valence-corrected chi connectivity index (χ4v) is 9.21. The van der Waals surface area contributed by atoms with Gasteiger partial charge in [-0.2, -0.15) is 0 Å². The van der Waals surface area contributed by atoms with E-state index in [-0.39, 0.29) is 25.6 Å². The number of hydrogen-bond acceptors (Lipinski definition) is 7. The van der Waals surface area contributed by atoms with E-state index in [0.717, 1.165) is 64.2 Å². The van der Waals surface area contributed by atoms with Gasteiger partial charge in [0, 0.05) is 12.8 Å². The van der Waals surface area contributed by atoms with Crippen LogP contribution in [0.4, 0.5) is 0 Å². The predicted octanol–water partition coefficient (Wildman–Crippen LogP) is 17.8. The van der Waals surface area contributed by atoms with Crippen LogP contribution in [0.2, 0.25) is 0 Å². The highest BCUT2D eigenvalue weighted by molar-refractivity contribution is 7.47. The quantitative estimate of drug-likeness (QED) is 0.0211. The molecular formula is C58H113NO8P+. The Morgan fingerprint density at radius 2 is 0.824 bits per heavy atom. The van der Waals surface area contributed by atoms with Crippen LogP contribution < -0.4 is 0 Å². The van der Waals surface area contributed by atoms with E-state index >= 15 is 0 Å². The number of phosphoric ester groups is 1. The Morgan fingerprint density at radius 3 is 1.22 bits per heavy atom. The van der Waals surface area contributed by atoms with E-state index in [1.54, 1.807) is 0 Å². The monoisotopic (exact) mass is 983 g/mol. The molecule has 0 aliphatic rings. The van der Waals surface area contributed by atoms with E-state index in [9.17, 15) is 19.0 Å². The molecule has 0 aromatic rings. The van der Waals surface area contributed by atoms with Gasteiger partial charge in [-0.25, -0.2) is 4.57 Å². The van der Waals surface area contributed by atoms with Crippen molar-refractivity contribution in [1.29, 1.82) is 0 Å². The van der Waals surface area contributed by atoms with Crippen LogP contribution in [0.5, 0.6) is 0 Å². The van der Waals surface area contributed by atoms with Gasteiger partial charge in [0.05, 0.1) is 27.7 Å². The van der Waals surface area contributed by atoms with Crippen LogP contribution in [0, 0.1) is 0 Å². The number of allylic oxidation sites excluding steroid dienone is 4. The van der Waals surface area contributed by atoms with Crippen molar-refractivity contribution in [2.45, 2.75) is 290 Å². The first kappa shape index (κ1) is 66.5. The number of nitrogens with zero attached hydrogens (tertiary/aromatic N) is 1. The maximum absolute atomic E-state index is 12.7. The third-order valence-corrected chi connectivity index (χ3v) is 13.9. The van der Waals surface area contributed by atoms with Gasteiger partial charge < -0.3 is 18.9 Å². The van der Waals surface area contributed by atoms with Gasteiger partial charge in [0.1, 0.15) is 19.8 Å². The molecule has 0 aliphatic carbocycles. The topological polar surface area (TPSA) is 108 Å². The Balaban J connectivity index is 3.96. The summed E-state index contributed by atoms with van der Waals surface area (Å²) in [4.78, 5) is 35.6. The minimum Gasteiger partial charge on any atom is -0.462 e. The van der Waals surface area contributed by atoms with E-state index in [4.69, 9.17) is 18.5 Å². The maximum Gasteiger partial charge on any atom is 0.472 e. The molecule has 2 atom stereocenters. The van der Waals surface area contributed by atoms with E-state index < -0.39 is 26.5 Å². The lowest BCUT2D eigenvalue weighted by Gasteiger charge is -2.24. The van der Waals surface area contributed by atoms with E-state index in [0.29, 0.717) is 23.9 Å². The molecule has 0 bridgehead atoms. The summed E-state index contributed by atoms with van der Waals surface area (Å²) in [5.41, 5.74) is 0. The molecular weight excluding hydrogens is 870 g/mol. The molecule has 68 heavy (non-hydrogen) atoms. The molecule has 1 N–H and O–H groups in total. The molecule has 0 aromatic heterocycles. The fourth-order valence-electron chi connectivity index (χ4n) is 8.47. The third kappa shape index (κ3) is 53.8. The number of esters is 2. The highest BCUT2D eigenvalue weighted by Crippen LogP contribution is 2.43. The van der Waals surface area contributed by atoms with Crippen molar-refractivity contribution in [1.82, 2.24) is 0 Å². The Bertz CT molecular complexity index is 1200. The Hall–Kier alpha value is -1.51. The second kappa shape index (κ2) is 50.4. The number of hydrogen-bond donors (Lipinski definition) is 1. The first-order valence-corrected chi connectivity index (χ1v) is 30.6. The van der Waals surface area contributed by atoms with Crippen molar-refractivity contribution in [3.63, 3.8) is 0 Å². The molecule has 9 nitrogen and oxygen atoms in total. The largest absolute Gasteiger partial charge is 0.472 e. The first-order valence-electron chi connectivity index (χ1n) is 29.1. The Kier molecular flexibility index (Phi) is 49.3. The Labute approximate surface area is 421 Å².